The molecular formula is C27H26N2O8. The first-order valence-electron chi connectivity index (χ1n) is 11.5. The molecule has 0 bridgehead atoms. The normalized spacial score (nSPS) is 10.1. The van der Waals surface area contributed by atoms with Crippen LogP contribution in [-0.2, 0) is 16.0 Å². The van der Waals surface area contributed by atoms with Gasteiger partial charge < -0.3 is 29.6 Å². The van der Waals surface area contributed by atoms with Crippen molar-refractivity contribution in [1.29, 1.82) is 0 Å². The van der Waals surface area contributed by atoms with Gasteiger partial charge in [0.15, 0.2) is 0 Å². The monoisotopic (exact) mass is 506 g/mol. The second-order valence-corrected chi connectivity index (χ2v) is 7.45. The zero-order chi connectivity index (χ0) is 26.6. The molecule has 2 amide bonds. The second-order valence-electron chi connectivity index (χ2n) is 7.45. The fourth-order valence-corrected chi connectivity index (χ4v) is 3.03. The number of carbonyl (C=O) groups excluding carboxylic acids is 4. The molecule has 0 saturated heterocycles. The van der Waals surface area contributed by atoms with Crippen molar-refractivity contribution in [3.8, 4) is 11.5 Å². The number of ether oxygens (including phenoxy) is 4. The highest BCUT2D eigenvalue weighted by atomic mass is 16.7. The molecule has 0 spiro atoms. The first kappa shape index (κ1) is 26.7. The molecule has 0 saturated carbocycles. The van der Waals surface area contributed by atoms with Crippen LogP contribution in [0.5, 0.6) is 11.5 Å². The predicted molar refractivity (Wildman–Crippen MR) is 134 cm³/mol. The van der Waals surface area contributed by atoms with Gasteiger partial charge in [-0.25, -0.2) is 9.59 Å². The molecule has 0 atom stereocenters. The first-order valence-corrected chi connectivity index (χ1v) is 11.5. The summed E-state index contributed by atoms with van der Waals surface area (Å²) in [6.07, 6.45) is -1.62. The number of carbonyl (C=O) groups is 4. The molecule has 0 unspecified atom stereocenters. The molecule has 0 radical (unpaired) electrons. The van der Waals surface area contributed by atoms with E-state index < -0.39 is 12.3 Å². The van der Waals surface area contributed by atoms with E-state index in [4.69, 9.17) is 18.9 Å². The Kier molecular flexibility index (Phi) is 9.60. The molecule has 10 nitrogen and oxygen atoms in total. The van der Waals surface area contributed by atoms with Crippen LogP contribution in [0.3, 0.4) is 0 Å². The molecule has 10 heteroatoms. The quantitative estimate of drug-likeness (QED) is 0.308. The smallest absolute Gasteiger partial charge is 0.434 e. The standard InChI is InChI=1S/C27H26N2O8/c1-3-34-26(32)36-22-13-7-19(8-14-22)24(30)28-17-18-5-11-21(12-6-18)29-25(31)20-9-15-23(16-10-20)37-27(33)35-4-2/h5-16H,3-4,17H2,1-2H3,(H,28,30)(H,29,31). The number of nitrogens with one attached hydrogen (secondary N) is 2. The van der Waals surface area contributed by atoms with Gasteiger partial charge in [-0.15, -0.1) is 0 Å². The lowest BCUT2D eigenvalue weighted by Crippen LogP contribution is -2.22. The minimum atomic E-state index is -0.811. The van der Waals surface area contributed by atoms with Gasteiger partial charge in [-0.05, 0) is 80.1 Å². The molecule has 0 aliphatic heterocycles. The van der Waals surface area contributed by atoms with E-state index in [9.17, 15) is 19.2 Å². The Labute approximate surface area is 213 Å². The van der Waals surface area contributed by atoms with Gasteiger partial charge in [0.1, 0.15) is 11.5 Å². The predicted octanol–water partition coefficient (Wildman–Crippen LogP) is 4.94. The van der Waals surface area contributed by atoms with Crippen LogP contribution in [0.25, 0.3) is 0 Å². The van der Waals surface area contributed by atoms with E-state index in [1.807, 2.05) is 0 Å². The number of hydrogen-bond donors (Lipinski definition) is 2. The molecule has 3 aromatic rings. The molecule has 0 aromatic heterocycles. The highest BCUT2D eigenvalue weighted by molar-refractivity contribution is 6.04. The van der Waals surface area contributed by atoms with Crippen molar-refractivity contribution in [2.45, 2.75) is 20.4 Å². The summed E-state index contributed by atoms with van der Waals surface area (Å²) in [4.78, 5) is 47.6. The lowest BCUT2D eigenvalue weighted by atomic mass is 10.1. The average molecular weight is 507 g/mol. The van der Waals surface area contributed by atoms with Crippen molar-refractivity contribution in [2.75, 3.05) is 18.5 Å². The molecule has 3 aromatic carbocycles. The van der Waals surface area contributed by atoms with Gasteiger partial charge in [-0.1, -0.05) is 12.1 Å². The van der Waals surface area contributed by atoms with E-state index in [0.717, 1.165) is 5.56 Å². The Morgan fingerprint density at radius 2 is 1.08 bits per heavy atom. The Balaban J connectivity index is 1.48. The van der Waals surface area contributed by atoms with Gasteiger partial charge in [0.2, 0.25) is 0 Å². The summed E-state index contributed by atoms with van der Waals surface area (Å²) in [5.41, 5.74) is 2.18. The minimum Gasteiger partial charge on any atom is -0.434 e. The fraction of sp³-hybridized carbons (Fsp3) is 0.185. The van der Waals surface area contributed by atoms with Crippen molar-refractivity contribution in [2.24, 2.45) is 0 Å². The zero-order valence-corrected chi connectivity index (χ0v) is 20.3. The number of rotatable bonds is 9. The summed E-state index contributed by atoms with van der Waals surface area (Å²) in [7, 11) is 0. The molecule has 2 N–H and O–H groups in total. The number of hydrogen-bond acceptors (Lipinski definition) is 8. The molecule has 3 rings (SSSR count). The van der Waals surface area contributed by atoms with Gasteiger partial charge in [0.05, 0.1) is 13.2 Å². The van der Waals surface area contributed by atoms with Crippen LogP contribution in [-0.4, -0.2) is 37.3 Å². The van der Waals surface area contributed by atoms with Crippen molar-refractivity contribution in [3.63, 3.8) is 0 Å². The van der Waals surface area contributed by atoms with E-state index in [1.54, 1.807) is 38.1 Å². The van der Waals surface area contributed by atoms with Crippen molar-refractivity contribution >= 4 is 29.8 Å². The number of amides is 2. The maximum Gasteiger partial charge on any atom is 0.513 e. The van der Waals surface area contributed by atoms with E-state index in [0.29, 0.717) is 16.8 Å². The molecular weight excluding hydrogens is 480 g/mol. The Hall–Kier alpha value is -4.86. The van der Waals surface area contributed by atoms with Gasteiger partial charge in [-0.2, -0.15) is 0 Å². The van der Waals surface area contributed by atoms with Crippen molar-refractivity contribution in [3.05, 3.63) is 89.5 Å². The third kappa shape index (κ3) is 8.39. The maximum atomic E-state index is 12.5. The average Bonchev–Trinajstić information content (AvgIpc) is 2.89. The van der Waals surface area contributed by atoms with Gasteiger partial charge in [0.25, 0.3) is 11.8 Å². The van der Waals surface area contributed by atoms with Crippen LogP contribution in [0.2, 0.25) is 0 Å². The molecule has 37 heavy (non-hydrogen) atoms. The van der Waals surface area contributed by atoms with Crippen LogP contribution in [0.1, 0.15) is 40.1 Å². The summed E-state index contributed by atoms with van der Waals surface area (Å²) in [5.74, 6) is -0.0921. The number of benzene rings is 3. The molecule has 0 heterocycles. The van der Waals surface area contributed by atoms with E-state index in [1.165, 1.54) is 48.5 Å². The lowest BCUT2D eigenvalue weighted by Gasteiger charge is -2.09. The molecule has 0 aliphatic carbocycles. The first-order chi connectivity index (χ1) is 17.9. The third-order valence-electron chi connectivity index (χ3n) is 4.82. The van der Waals surface area contributed by atoms with Crippen LogP contribution < -0.4 is 20.1 Å². The summed E-state index contributed by atoms with van der Waals surface area (Å²) in [6, 6.07) is 19.2. The Morgan fingerprint density at radius 3 is 1.54 bits per heavy atom. The Bertz CT molecular complexity index is 1220. The van der Waals surface area contributed by atoms with Crippen LogP contribution >= 0.6 is 0 Å². The van der Waals surface area contributed by atoms with Gasteiger partial charge in [-0.3, -0.25) is 9.59 Å². The second kappa shape index (κ2) is 13.3. The Morgan fingerprint density at radius 1 is 0.622 bits per heavy atom. The third-order valence-corrected chi connectivity index (χ3v) is 4.82. The highest BCUT2D eigenvalue weighted by Crippen LogP contribution is 2.16. The molecule has 0 fully saturated rings. The summed E-state index contributed by atoms with van der Waals surface area (Å²) in [6.45, 7) is 4.02. The topological polar surface area (TPSA) is 129 Å². The SMILES string of the molecule is CCOC(=O)Oc1ccc(C(=O)NCc2ccc(NC(=O)c3ccc(OC(=O)OCC)cc3)cc2)cc1. The van der Waals surface area contributed by atoms with Crippen molar-refractivity contribution in [1.82, 2.24) is 5.32 Å². The van der Waals surface area contributed by atoms with Crippen molar-refractivity contribution < 1.29 is 38.1 Å². The largest absolute Gasteiger partial charge is 0.513 e. The van der Waals surface area contributed by atoms with Crippen LogP contribution in [0.4, 0.5) is 15.3 Å². The minimum absolute atomic E-state index is 0.202. The summed E-state index contributed by atoms with van der Waals surface area (Å²) >= 11 is 0. The lowest BCUT2D eigenvalue weighted by molar-refractivity contribution is 0.0949. The van der Waals surface area contributed by atoms with E-state index in [-0.39, 0.29) is 43.1 Å². The molecule has 192 valence electrons. The van der Waals surface area contributed by atoms with Gasteiger partial charge in [0, 0.05) is 23.4 Å². The van der Waals surface area contributed by atoms with Crippen LogP contribution in [0, 0.1) is 0 Å². The van der Waals surface area contributed by atoms with Crippen LogP contribution in [0.15, 0.2) is 72.8 Å². The zero-order valence-electron chi connectivity index (χ0n) is 20.3. The summed E-state index contributed by atoms with van der Waals surface area (Å²) in [5, 5.41) is 5.58. The highest BCUT2D eigenvalue weighted by Gasteiger charge is 2.10. The molecule has 0 aliphatic rings. The fourth-order valence-electron chi connectivity index (χ4n) is 3.03. The van der Waals surface area contributed by atoms with E-state index >= 15 is 0 Å². The van der Waals surface area contributed by atoms with Gasteiger partial charge >= 0.3 is 12.3 Å². The summed E-state index contributed by atoms with van der Waals surface area (Å²) < 4.78 is 19.3. The number of anilines is 1. The maximum absolute atomic E-state index is 12.5. The van der Waals surface area contributed by atoms with E-state index in [2.05, 4.69) is 10.6 Å².